The molecule has 1 aromatic heterocycles. The van der Waals surface area contributed by atoms with Crippen molar-refractivity contribution in [2.24, 2.45) is 0 Å². The van der Waals surface area contributed by atoms with Gasteiger partial charge in [-0.3, -0.25) is 4.90 Å². The van der Waals surface area contributed by atoms with Crippen molar-refractivity contribution in [1.82, 2.24) is 4.98 Å². The van der Waals surface area contributed by atoms with E-state index in [-0.39, 0.29) is 6.09 Å². The van der Waals surface area contributed by atoms with Gasteiger partial charge in [0.1, 0.15) is 17.9 Å². The number of carbonyl (C=O) groups excluding carboxylic acids is 1. The number of nitrogens with zero attached hydrogens (tertiary/aromatic N) is 2. The molecule has 0 bridgehead atoms. The molecule has 1 aliphatic heterocycles. The fourth-order valence-electron chi connectivity index (χ4n) is 1.80. The molecule has 0 atom stereocenters. The molecule has 18 heavy (non-hydrogen) atoms. The highest BCUT2D eigenvalue weighted by Crippen LogP contribution is 2.33. The third kappa shape index (κ3) is 2.55. The number of fused-ring (bicyclic) bond motifs is 1. The minimum absolute atomic E-state index is 0.358. The Labute approximate surface area is 107 Å². The van der Waals surface area contributed by atoms with Gasteiger partial charge >= 0.3 is 6.09 Å². The highest BCUT2D eigenvalue weighted by Gasteiger charge is 2.29. The maximum atomic E-state index is 12.1. The van der Waals surface area contributed by atoms with E-state index in [0.717, 1.165) is 5.56 Å². The number of hydrogen-bond donors (Lipinski definition) is 0. The van der Waals surface area contributed by atoms with E-state index in [0.29, 0.717) is 24.7 Å². The highest BCUT2D eigenvalue weighted by molar-refractivity contribution is 5.91. The zero-order chi connectivity index (χ0) is 13.3. The standard InChI is InChI=1S/C13H18N2O3/c1-9-5-6-14-11-10(9)15(7-8-17-11)12(16)18-13(2,3)4/h5-6H,7-8H2,1-4H3. The van der Waals surface area contributed by atoms with Gasteiger partial charge in [-0.25, -0.2) is 9.78 Å². The number of amides is 1. The lowest BCUT2D eigenvalue weighted by molar-refractivity contribution is 0.0566. The number of anilines is 1. The normalized spacial score (nSPS) is 14.8. The molecule has 0 fully saturated rings. The van der Waals surface area contributed by atoms with Crippen molar-refractivity contribution in [3.8, 4) is 5.88 Å². The molecular formula is C13H18N2O3. The summed E-state index contributed by atoms with van der Waals surface area (Å²) >= 11 is 0. The van der Waals surface area contributed by atoms with Crippen LogP contribution in [0.15, 0.2) is 12.3 Å². The monoisotopic (exact) mass is 250 g/mol. The van der Waals surface area contributed by atoms with E-state index in [1.807, 2.05) is 33.8 Å². The van der Waals surface area contributed by atoms with E-state index in [1.165, 1.54) is 0 Å². The Kier molecular flexibility index (Phi) is 3.15. The Morgan fingerprint density at radius 1 is 1.50 bits per heavy atom. The van der Waals surface area contributed by atoms with Crippen molar-refractivity contribution in [3.05, 3.63) is 17.8 Å². The molecule has 5 nitrogen and oxygen atoms in total. The van der Waals surface area contributed by atoms with Gasteiger partial charge in [-0.1, -0.05) is 0 Å². The van der Waals surface area contributed by atoms with Crippen molar-refractivity contribution in [1.29, 1.82) is 0 Å². The first-order valence-corrected chi connectivity index (χ1v) is 5.97. The molecule has 0 N–H and O–H groups in total. The first kappa shape index (κ1) is 12.7. The van der Waals surface area contributed by atoms with E-state index in [4.69, 9.17) is 9.47 Å². The largest absolute Gasteiger partial charge is 0.474 e. The second-order valence-electron chi connectivity index (χ2n) is 5.26. The SMILES string of the molecule is Cc1ccnc2c1N(C(=O)OC(C)(C)C)CCO2. The second-order valence-corrected chi connectivity index (χ2v) is 5.26. The molecule has 5 heteroatoms. The van der Waals surface area contributed by atoms with E-state index < -0.39 is 5.60 Å². The Morgan fingerprint density at radius 3 is 2.89 bits per heavy atom. The minimum Gasteiger partial charge on any atom is -0.474 e. The Morgan fingerprint density at radius 2 is 2.22 bits per heavy atom. The third-order valence-corrected chi connectivity index (χ3v) is 2.53. The molecule has 1 aromatic rings. The van der Waals surface area contributed by atoms with Crippen LogP contribution in [-0.2, 0) is 4.74 Å². The molecule has 1 aliphatic rings. The average molecular weight is 250 g/mol. The lowest BCUT2D eigenvalue weighted by Gasteiger charge is -2.31. The molecule has 0 radical (unpaired) electrons. The fourth-order valence-corrected chi connectivity index (χ4v) is 1.80. The number of ether oxygens (including phenoxy) is 2. The van der Waals surface area contributed by atoms with E-state index in [9.17, 15) is 4.79 Å². The molecule has 1 amide bonds. The number of pyridine rings is 1. The van der Waals surface area contributed by atoms with Gasteiger partial charge in [0, 0.05) is 6.20 Å². The number of hydrogen-bond acceptors (Lipinski definition) is 4. The van der Waals surface area contributed by atoms with Crippen LogP contribution in [0.5, 0.6) is 5.88 Å². The van der Waals surface area contributed by atoms with Crippen molar-refractivity contribution in [2.75, 3.05) is 18.1 Å². The summed E-state index contributed by atoms with van der Waals surface area (Å²) in [6, 6.07) is 1.85. The number of aromatic nitrogens is 1. The van der Waals surface area contributed by atoms with Gasteiger partial charge in [-0.05, 0) is 39.3 Å². The van der Waals surface area contributed by atoms with Crippen LogP contribution in [-0.4, -0.2) is 29.8 Å². The third-order valence-electron chi connectivity index (χ3n) is 2.53. The summed E-state index contributed by atoms with van der Waals surface area (Å²) in [5.41, 5.74) is 1.15. The Balaban J connectivity index is 2.30. The van der Waals surface area contributed by atoms with E-state index >= 15 is 0 Å². The van der Waals surface area contributed by atoms with Gasteiger partial charge in [-0.15, -0.1) is 0 Å². The predicted octanol–water partition coefficient (Wildman–Crippen LogP) is 2.52. The zero-order valence-electron chi connectivity index (χ0n) is 11.2. The quantitative estimate of drug-likeness (QED) is 0.710. The van der Waals surface area contributed by atoms with E-state index in [1.54, 1.807) is 11.1 Å². The fraction of sp³-hybridized carbons (Fsp3) is 0.538. The molecule has 2 heterocycles. The summed E-state index contributed by atoms with van der Waals surface area (Å²) in [4.78, 5) is 17.9. The molecule has 98 valence electrons. The number of aryl methyl sites for hydroxylation is 1. The topological polar surface area (TPSA) is 51.7 Å². The minimum atomic E-state index is -0.508. The van der Waals surface area contributed by atoms with Gasteiger partial charge in [0.25, 0.3) is 0 Å². The van der Waals surface area contributed by atoms with Crippen LogP contribution in [0.1, 0.15) is 26.3 Å². The number of carbonyl (C=O) groups is 1. The highest BCUT2D eigenvalue weighted by atomic mass is 16.6. The van der Waals surface area contributed by atoms with Crippen molar-refractivity contribution < 1.29 is 14.3 Å². The molecule has 0 saturated carbocycles. The molecule has 0 saturated heterocycles. The first-order chi connectivity index (χ1) is 8.38. The Hall–Kier alpha value is -1.78. The molecule has 0 unspecified atom stereocenters. The number of rotatable bonds is 0. The lowest BCUT2D eigenvalue weighted by Crippen LogP contribution is -2.42. The summed E-state index contributed by atoms with van der Waals surface area (Å²) in [6.45, 7) is 8.39. The van der Waals surface area contributed by atoms with Crippen LogP contribution in [0.4, 0.5) is 10.5 Å². The lowest BCUT2D eigenvalue weighted by atomic mass is 10.2. The van der Waals surface area contributed by atoms with Gasteiger partial charge in [0.05, 0.1) is 6.54 Å². The molecule has 2 rings (SSSR count). The van der Waals surface area contributed by atoms with Crippen molar-refractivity contribution in [3.63, 3.8) is 0 Å². The molecule has 0 spiro atoms. The first-order valence-electron chi connectivity index (χ1n) is 5.97. The summed E-state index contributed by atoms with van der Waals surface area (Å²) in [5.74, 6) is 0.493. The van der Waals surface area contributed by atoms with Crippen LogP contribution in [0.25, 0.3) is 0 Å². The van der Waals surface area contributed by atoms with Crippen LogP contribution in [0.2, 0.25) is 0 Å². The molecular weight excluding hydrogens is 232 g/mol. The van der Waals surface area contributed by atoms with Crippen LogP contribution in [0.3, 0.4) is 0 Å². The van der Waals surface area contributed by atoms with Gasteiger partial charge in [0.15, 0.2) is 0 Å². The summed E-state index contributed by atoms with van der Waals surface area (Å²) in [7, 11) is 0. The molecule has 0 aromatic carbocycles. The average Bonchev–Trinajstić information content (AvgIpc) is 2.26. The summed E-state index contributed by atoms with van der Waals surface area (Å²) in [5, 5.41) is 0. The van der Waals surface area contributed by atoms with Crippen molar-refractivity contribution in [2.45, 2.75) is 33.3 Å². The van der Waals surface area contributed by atoms with Gasteiger partial charge in [0.2, 0.25) is 5.88 Å². The van der Waals surface area contributed by atoms with Crippen LogP contribution in [0, 0.1) is 6.92 Å². The maximum Gasteiger partial charge on any atom is 0.415 e. The molecule has 0 aliphatic carbocycles. The zero-order valence-corrected chi connectivity index (χ0v) is 11.2. The summed E-state index contributed by atoms with van der Waals surface area (Å²) < 4.78 is 10.8. The predicted molar refractivity (Wildman–Crippen MR) is 68.0 cm³/mol. The maximum absolute atomic E-state index is 12.1. The van der Waals surface area contributed by atoms with Crippen LogP contribution < -0.4 is 9.64 Å². The van der Waals surface area contributed by atoms with Gasteiger partial charge < -0.3 is 9.47 Å². The Bertz CT molecular complexity index is 466. The second kappa shape index (κ2) is 4.48. The van der Waals surface area contributed by atoms with Crippen LogP contribution >= 0.6 is 0 Å². The summed E-state index contributed by atoms with van der Waals surface area (Å²) in [6.07, 6.45) is 1.32. The van der Waals surface area contributed by atoms with Crippen molar-refractivity contribution >= 4 is 11.8 Å². The smallest absolute Gasteiger partial charge is 0.415 e. The van der Waals surface area contributed by atoms with E-state index in [2.05, 4.69) is 4.98 Å². The van der Waals surface area contributed by atoms with Gasteiger partial charge in [-0.2, -0.15) is 0 Å².